The number of nitrogens with zero attached hydrogens (tertiary/aromatic N) is 3. The largest absolute Gasteiger partial charge is 0.213 e. The van der Waals surface area contributed by atoms with Crippen molar-refractivity contribution in [3.05, 3.63) is 228 Å². The van der Waals surface area contributed by atoms with Gasteiger partial charge in [-0.1, -0.05) is 133 Å². The number of aromatic nitrogens is 3. The van der Waals surface area contributed by atoms with Crippen LogP contribution in [0.2, 0.25) is 0 Å². The maximum atomic E-state index is 2.58. The Morgan fingerprint density at radius 3 is 1.02 bits per heavy atom. The molecule has 108 heavy (non-hydrogen) atoms. The van der Waals surface area contributed by atoms with Gasteiger partial charge in [0.25, 0.3) is 0 Å². The van der Waals surface area contributed by atoms with E-state index in [0.717, 1.165) is 37.0 Å². The van der Waals surface area contributed by atoms with E-state index >= 15 is 0 Å². The van der Waals surface area contributed by atoms with Gasteiger partial charge in [0, 0.05) is 34.9 Å². The molecule has 6 saturated carbocycles. The summed E-state index contributed by atoms with van der Waals surface area (Å²) < 4.78 is 6.98. The third kappa shape index (κ3) is 14.2. The van der Waals surface area contributed by atoms with Crippen molar-refractivity contribution >= 4 is 0 Å². The Hall–Kier alpha value is -7.23. The lowest BCUT2D eigenvalue weighted by Gasteiger charge is -2.47. The van der Waals surface area contributed by atoms with E-state index in [-0.39, 0.29) is 0 Å². The van der Waals surface area contributed by atoms with Gasteiger partial charge >= 0.3 is 0 Å². The molecule has 9 aromatic rings. The van der Waals surface area contributed by atoms with Crippen LogP contribution in [0.15, 0.2) is 128 Å². The highest BCUT2D eigenvalue weighted by Crippen LogP contribution is 2.60. The minimum absolute atomic E-state index is 0.566. The number of aryl methyl sites for hydroxylation is 12. The van der Waals surface area contributed by atoms with Gasteiger partial charge < -0.3 is 0 Å². The average Bonchev–Trinajstić information content (AvgIpc) is 1.59. The summed E-state index contributed by atoms with van der Waals surface area (Å²) in [5.41, 5.74) is 47.3. The molecule has 0 amide bonds. The molecule has 3 aromatic heterocycles. The van der Waals surface area contributed by atoms with Gasteiger partial charge in [0.2, 0.25) is 17.1 Å². The van der Waals surface area contributed by atoms with Gasteiger partial charge in [-0.05, 0) is 403 Å². The van der Waals surface area contributed by atoms with Crippen molar-refractivity contribution in [2.24, 2.45) is 53.6 Å². The highest BCUT2D eigenvalue weighted by Gasteiger charge is 2.45. The summed E-state index contributed by atoms with van der Waals surface area (Å²) in [4.78, 5) is 0. The molecule has 0 atom stereocenters. The number of rotatable bonds is 6. The molecule has 3 spiro atoms. The standard InChI is InChI=1S/3C35H44N/c1-23-7-10-29-30-20-27(26-11-13-35(14-12-26)17-15-34(4,5)16-18-35)8-9-28(30)21-31(29)33(23)32-19-24(2)25(3)22-36(32)6;1-23-7-9-30-29-10-8-27(26-11-13-35(14-12-26)17-15-34(4,5)16-18-35)20-28(29)21-31(30)33(23)32-19-24(2)25(3)22-36(32)6;1-23-10-11-29-28-9-7-8-27(26-12-14-35(15-13-26)18-16-34(4,5)17-19-35)30(28)21-31(29)33(23)32-20-24(2)25(3)22-36(32)6/h2*7-10,19-20,22,26H,11-18,21H2,1-6H3;7-11,20,22,26H,12-19,21H2,1-6H3/q3*+1. The highest BCUT2D eigenvalue weighted by atomic mass is 14.9. The fourth-order valence-corrected chi connectivity index (χ4v) is 23.1. The van der Waals surface area contributed by atoms with Crippen molar-refractivity contribution in [3.63, 3.8) is 0 Å². The van der Waals surface area contributed by atoms with Crippen LogP contribution in [0, 0.1) is 94.8 Å². The van der Waals surface area contributed by atoms with Gasteiger partial charge in [0.15, 0.2) is 18.6 Å². The summed E-state index contributed by atoms with van der Waals surface area (Å²) in [6.07, 6.45) is 44.3. The van der Waals surface area contributed by atoms with E-state index in [4.69, 9.17) is 0 Å². The number of hydrogen-bond acceptors (Lipinski definition) is 0. The molecule has 564 valence electrons. The number of benzene rings is 6. The van der Waals surface area contributed by atoms with Crippen LogP contribution in [0.5, 0.6) is 0 Å². The highest BCUT2D eigenvalue weighted by molar-refractivity contribution is 5.88. The lowest BCUT2D eigenvalue weighted by molar-refractivity contribution is -0.660. The fraction of sp³-hybridized carbons (Fsp3) is 0.514. The number of pyridine rings is 3. The van der Waals surface area contributed by atoms with Crippen molar-refractivity contribution in [1.29, 1.82) is 0 Å². The maximum absolute atomic E-state index is 2.58. The molecule has 0 bridgehead atoms. The van der Waals surface area contributed by atoms with E-state index in [1.165, 1.54) is 294 Å². The monoisotopic (exact) mass is 1440 g/mol. The molecule has 6 fully saturated rings. The van der Waals surface area contributed by atoms with Crippen molar-refractivity contribution in [2.75, 3.05) is 0 Å². The summed E-state index contributed by atoms with van der Waals surface area (Å²) >= 11 is 0. The molecule has 0 unspecified atom stereocenters. The van der Waals surface area contributed by atoms with Gasteiger partial charge in [0.05, 0.1) is 16.7 Å². The average molecular weight is 1440 g/mol. The summed E-state index contributed by atoms with van der Waals surface area (Å²) in [6.45, 7) is 35.1. The topological polar surface area (TPSA) is 11.6 Å². The summed E-state index contributed by atoms with van der Waals surface area (Å²) in [6, 6.07) is 43.6. The van der Waals surface area contributed by atoms with Crippen LogP contribution < -0.4 is 13.7 Å². The van der Waals surface area contributed by atoms with E-state index in [1.807, 2.05) is 0 Å². The molecule has 3 heteroatoms. The predicted molar refractivity (Wildman–Crippen MR) is 454 cm³/mol. The minimum atomic E-state index is 0.566. The molecular weight excluding hydrogens is 1300 g/mol. The normalized spacial score (nSPS) is 20.4. The second-order valence-corrected chi connectivity index (χ2v) is 40.3. The molecule has 0 radical (unpaired) electrons. The first-order valence-electron chi connectivity index (χ1n) is 43.1. The Labute approximate surface area is 653 Å². The van der Waals surface area contributed by atoms with Crippen LogP contribution in [0.1, 0.15) is 314 Å². The smallest absolute Gasteiger partial charge is 0.201 e. The zero-order valence-corrected chi connectivity index (χ0v) is 70.3. The van der Waals surface area contributed by atoms with E-state index < -0.39 is 0 Å². The summed E-state index contributed by atoms with van der Waals surface area (Å²) in [7, 11) is 6.60. The van der Waals surface area contributed by atoms with Crippen molar-refractivity contribution in [3.8, 4) is 67.2 Å². The maximum Gasteiger partial charge on any atom is 0.213 e. The Morgan fingerprint density at radius 2 is 0.602 bits per heavy atom. The molecule has 9 aliphatic carbocycles. The van der Waals surface area contributed by atoms with E-state index in [2.05, 4.69) is 266 Å². The van der Waals surface area contributed by atoms with Crippen molar-refractivity contribution < 1.29 is 13.7 Å². The Balaban J connectivity index is 0.000000124. The minimum Gasteiger partial charge on any atom is -0.201 e. The van der Waals surface area contributed by atoms with Crippen molar-refractivity contribution in [2.45, 2.75) is 295 Å². The molecule has 0 N–H and O–H groups in total. The van der Waals surface area contributed by atoms with E-state index in [1.54, 1.807) is 27.8 Å². The first kappa shape index (κ1) is 74.8. The second-order valence-electron chi connectivity index (χ2n) is 40.3. The van der Waals surface area contributed by atoms with Crippen LogP contribution in [-0.2, 0) is 40.4 Å². The summed E-state index contributed by atoms with van der Waals surface area (Å²) in [5, 5.41) is 0. The van der Waals surface area contributed by atoms with Crippen molar-refractivity contribution in [1.82, 2.24) is 0 Å². The van der Waals surface area contributed by atoms with Gasteiger partial charge in [-0.25, -0.2) is 13.7 Å². The quantitative estimate of drug-likeness (QED) is 0.147. The van der Waals surface area contributed by atoms with Gasteiger partial charge in [0.1, 0.15) is 21.1 Å². The molecule has 18 rings (SSSR count). The molecule has 0 aliphatic heterocycles. The third-order valence-electron chi connectivity index (χ3n) is 31.5. The number of hydrogen-bond donors (Lipinski definition) is 0. The molecular formula is C105H132N3+3. The lowest BCUT2D eigenvalue weighted by atomic mass is 9.58. The van der Waals surface area contributed by atoms with Gasteiger partial charge in [-0.15, -0.1) is 0 Å². The van der Waals surface area contributed by atoms with Crippen LogP contribution >= 0.6 is 0 Å². The SMILES string of the molecule is Cc1cc(-c2c(C)ccc3c2Cc2c-3cccc2C2CCC3(CC2)CCC(C)(C)CC3)[n+](C)cc1C.Cc1cc(-c2c(C)ccc3c2Cc2cc(C4CCC5(CC4)CCC(C)(C)CC5)ccc2-3)[n+](C)cc1C.Cc1cc(-c2c(C)ccc3c2Cc2ccc(C4CCC5(CC4)CCC(C)(C)CC5)cc2-3)[n+](C)cc1C. The lowest BCUT2D eigenvalue weighted by Crippen LogP contribution is -2.34. The Bertz CT molecular complexity index is 4950. The zero-order valence-electron chi connectivity index (χ0n) is 70.3. The van der Waals surface area contributed by atoms with Crippen LogP contribution in [0.3, 0.4) is 0 Å². The third-order valence-corrected chi connectivity index (χ3v) is 31.5. The Kier molecular flexibility index (Phi) is 19.8. The molecule has 0 saturated heterocycles. The van der Waals surface area contributed by atoms with E-state index in [9.17, 15) is 0 Å². The molecule has 3 nitrogen and oxygen atoms in total. The van der Waals surface area contributed by atoms with Crippen LogP contribution in [-0.4, -0.2) is 0 Å². The fourth-order valence-electron chi connectivity index (χ4n) is 23.1. The number of fused-ring (bicyclic) bond motifs is 9. The summed E-state index contributed by atoms with van der Waals surface area (Å²) in [5.74, 6) is 2.22. The second kappa shape index (κ2) is 28.5. The first-order chi connectivity index (χ1) is 51.5. The molecule has 9 aliphatic rings. The van der Waals surface area contributed by atoms with Gasteiger partial charge in [-0.3, -0.25) is 0 Å². The van der Waals surface area contributed by atoms with Gasteiger partial charge in [-0.2, -0.15) is 0 Å². The predicted octanol–water partition coefficient (Wildman–Crippen LogP) is 26.8. The first-order valence-corrected chi connectivity index (χ1v) is 43.1. The van der Waals surface area contributed by atoms with Crippen LogP contribution in [0.4, 0.5) is 0 Å². The Morgan fingerprint density at radius 1 is 0.269 bits per heavy atom. The van der Waals surface area contributed by atoms with Crippen LogP contribution in [0.25, 0.3) is 67.2 Å². The zero-order chi connectivity index (χ0) is 75.7. The van der Waals surface area contributed by atoms with E-state index in [0.29, 0.717) is 32.5 Å². The molecule has 6 aromatic carbocycles. The molecule has 3 heterocycles.